The van der Waals surface area contributed by atoms with Crippen LogP contribution in [0.3, 0.4) is 0 Å². The molecule has 4 aliphatic rings. The molecule has 172 valence electrons. The van der Waals surface area contributed by atoms with Crippen molar-refractivity contribution in [3.05, 3.63) is 52.6 Å². The van der Waals surface area contributed by atoms with Crippen LogP contribution in [0.4, 0.5) is 5.69 Å². The highest BCUT2D eigenvalue weighted by Crippen LogP contribution is 2.69. The van der Waals surface area contributed by atoms with Gasteiger partial charge < -0.3 is 10.8 Å². The van der Waals surface area contributed by atoms with Gasteiger partial charge in [0.15, 0.2) is 5.78 Å². The molecule has 0 radical (unpaired) electrons. The van der Waals surface area contributed by atoms with Crippen molar-refractivity contribution in [3.8, 4) is 11.8 Å². The maximum absolute atomic E-state index is 13.2. The first-order chi connectivity index (χ1) is 15.8. The molecule has 2 fully saturated rings. The molecule has 0 spiro atoms. The van der Waals surface area contributed by atoms with Crippen LogP contribution in [-0.4, -0.2) is 23.3 Å². The van der Waals surface area contributed by atoms with E-state index in [4.69, 9.17) is 5.73 Å². The third-order valence-electron chi connectivity index (χ3n) is 9.25. The number of allylic oxidation sites excluding steroid dienone is 4. The summed E-state index contributed by atoms with van der Waals surface area (Å²) >= 11 is 0. The van der Waals surface area contributed by atoms with E-state index >= 15 is 0 Å². The normalized spacial score (nSPS) is 35.1. The van der Waals surface area contributed by atoms with Crippen LogP contribution < -0.4 is 5.73 Å². The van der Waals surface area contributed by atoms with Crippen LogP contribution in [0.2, 0.25) is 0 Å². The predicted molar refractivity (Wildman–Crippen MR) is 129 cm³/mol. The Bertz CT molecular complexity index is 1130. The molecule has 4 aliphatic carbocycles. The van der Waals surface area contributed by atoms with Crippen LogP contribution in [0, 0.1) is 34.5 Å². The molecule has 0 bridgehead atoms. The lowest BCUT2D eigenvalue weighted by atomic mass is 9.48. The van der Waals surface area contributed by atoms with Gasteiger partial charge in [0.1, 0.15) is 12.4 Å². The quantitative estimate of drug-likeness (QED) is 0.511. The minimum atomic E-state index is -0.721. The Hall–Kier alpha value is -2.64. The molecule has 5 atom stereocenters. The molecule has 4 heteroatoms. The summed E-state index contributed by atoms with van der Waals surface area (Å²) in [5, 5.41) is 9.46. The van der Waals surface area contributed by atoms with Crippen LogP contribution in [0.25, 0.3) is 0 Å². The number of ketones is 2. The second-order valence-electron chi connectivity index (χ2n) is 10.6. The summed E-state index contributed by atoms with van der Waals surface area (Å²) in [5.74, 6) is 7.46. The molecule has 0 aliphatic heterocycles. The number of nitrogen functional groups attached to an aromatic ring is 1. The fourth-order valence-electron chi connectivity index (χ4n) is 7.78. The van der Waals surface area contributed by atoms with Crippen molar-refractivity contribution < 1.29 is 14.7 Å². The Labute approximate surface area is 196 Å². The van der Waals surface area contributed by atoms with Gasteiger partial charge in [0, 0.05) is 18.0 Å². The molecule has 2 saturated carbocycles. The summed E-state index contributed by atoms with van der Waals surface area (Å²) in [6.07, 6.45) is 7.83. The molecule has 0 unspecified atom stereocenters. The maximum Gasteiger partial charge on any atom is 0.156 e. The van der Waals surface area contributed by atoms with Crippen LogP contribution in [0.15, 0.2) is 47.1 Å². The molecule has 1 aromatic rings. The number of rotatable bonds is 2. The standard InChI is InChI=1S/C29H33NO3/c1-18(32)29(13-3-15-31)14-12-26-24-10-6-20-16-22(33)9-11-23(20)27(24)25(17-28(26,29)2)19-4-7-21(30)8-5-19/h4-5,7-8,16,24-26,31H,6,9-12,14-15,17,30H2,1-2H3/t24-,25+,26-,28-,29+/m0/s1. The minimum absolute atomic E-state index is 0.125. The van der Waals surface area contributed by atoms with Crippen molar-refractivity contribution >= 4 is 17.3 Å². The van der Waals surface area contributed by atoms with E-state index in [-0.39, 0.29) is 29.5 Å². The molecule has 5 rings (SSSR count). The van der Waals surface area contributed by atoms with Gasteiger partial charge in [-0.1, -0.05) is 36.5 Å². The van der Waals surface area contributed by atoms with E-state index in [9.17, 15) is 14.7 Å². The third-order valence-corrected chi connectivity index (χ3v) is 9.25. The topological polar surface area (TPSA) is 80.4 Å². The van der Waals surface area contributed by atoms with Gasteiger partial charge in [0.2, 0.25) is 0 Å². The Morgan fingerprint density at radius 3 is 2.64 bits per heavy atom. The maximum atomic E-state index is 13.2. The van der Waals surface area contributed by atoms with Crippen LogP contribution in [0.5, 0.6) is 0 Å². The molecule has 0 amide bonds. The van der Waals surface area contributed by atoms with Gasteiger partial charge in [-0.2, -0.15) is 0 Å². The lowest BCUT2D eigenvalue weighted by molar-refractivity contribution is -0.130. The third kappa shape index (κ3) is 3.24. The molecule has 0 saturated heterocycles. The Balaban J connectivity index is 1.71. The minimum Gasteiger partial charge on any atom is -0.399 e. The SMILES string of the molecule is CC(=O)[C@@]1(C#CCO)CC[C@H]2[C@@H]3CCC4=CC(=O)CCC4=C3[C@@H](c3ccc(N)cc3)C[C@@]21C. The second-order valence-corrected chi connectivity index (χ2v) is 10.6. The first-order valence-corrected chi connectivity index (χ1v) is 12.2. The Kier molecular flexibility index (Phi) is 5.37. The first-order valence-electron chi connectivity index (χ1n) is 12.2. The van der Waals surface area contributed by atoms with Crippen molar-refractivity contribution in [1.29, 1.82) is 0 Å². The van der Waals surface area contributed by atoms with Crippen molar-refractivity contribution in [3.63, 3.8) is 0 Å². The number of nitrogens with two attached hydrogens (primary N) is 1. The van der Waals surface area contributed by atoms with Crippen molar-refractivity contribution in [2.45, 2.75) is 64.7 Å². The number of benzene rings is 1. The zero-order valence-electron chi connectivity index (χ0n) is 19.6. The summed E-state index contributed by atoms with van der Waals surface area (Å²) in [5.41, 5.74) is 11.1. The van der Waals surface area contributed by atoms with Gasteiger partial charge in [-0.05, 0) is 97.6 Å². The summed E-state index contributed by atoms with van der Waals surface area (Å²) in [6.45, 7) is 3.73. The molecule has 0 aromatic heterocycles. The lowest BCUT2D eigenvalue weighted by Crippen LogP contribution is -2.50. The van der Waals surface area contributed by atoms with Crippen LogP contribution in [-0.2, 0) is 9.59 Å². The molecule has 4 nitrogen and oxygen atoms in total. The van der Waals surface area contributed by atoms with Crippen molar-refractivity contribution in [1.82, 2.24) is 0 Å². The highest BCUT2D eigenvalue weighted by atomic mass is 16.2. The van der Waals surface area contributed by atoms with Gasteiger partial charge in [-0.25, -0.2) is 0 Å². The fourth-order valence-corrected chi connectivity index (χ4v) is 7.78. The molecular formula is C29H33NO3. The summed E-state index contributed by atoms with van der Waals surface area (Å²) < 4.78 is 0. The van der Waals surface area contributed by atoms with Gasteiger partial charge >= 0.3 is 0 Å². The van der Waals surface area contributed by atoms with E-state index in [2.05, 4.69) is 30.9 Å². The fraction of sp³-hybridized carbons (Fsp3) is 0.517. The number of Topliss-reactive ketones (excluding diaryl/α,β-unsaturated/α-hetero) is 1. The van der Waals surface area contributed by atoms with E-state index < -0.39 is 5.41 Å². The number of aliphatic hydroxyl groups is 1. The Morgan fingerprint density at radius 2 is 1.94 bits per heavy atom. The number of aliphatic hydroxyl groups excluding tert-OH is 1. The molecule has 0 heterocycles. The summed E-state index contributed by atoms with van der Waals surface area (Å²) in [7, 11) is 0. The molecule has 33 heavy (non-hydrogen) atoms. The first kappa shape index (κ1) is 22.2. The largest absolute Gasteiger partial charge is 0.399 e. The van der Waals surface area contributed by atoms with Gasteiger partial charge in [0.25, 0.3) is 0 Å². The number of carbonyl (C=O) groups excluding carboxylic acids is 2. The molecule has 1 aromatic carbocycles. The van der Waals surface area contributed by atoms with Crippen LogP contribution >= 0.6 is 0 Å². The number of anilines is 1. The van der Waals surface area contributed by atoms with E-state index in [1.807, 2.05) is 18.2 Å². The van der Waals surface area contributed by atoms with Gasteiger partial charge in [-0.3, -0.25) is 9.59 Å². The summed E-state index contributed by atoms with van der Waals surface area (Å²) in [6, 6.07) is 8.19. The molecular weight excluding hydrogens is 410 g/mol. The van der Waals surface area contributed by atoms with Gasteiger partial charge in [-0.15, -0.1) is 0 Å². The molecule has 3 N–H and O–H groups in total. The highest BCUT2D eigenvalue weighted by Gasteiger charge is 2.64. The Morgan fingerprint density at radius 1 is 1.18 bits per heavy atom. The predicted octanol–water partition coefficient (Wildman–Crippen LogP) is 4.74. The van der Waals surface area contributed by atoms with Crippen molar-refractivity contribution in [2.75, 3.05) is 12.3 Å². The number of fused-ring (bicyclic) bond motifs is 4. The van der Waals surface area contributed by atoms with E-state index in [0.29, 0.717) is 18.3 Å². The van der Waals surface area contributed by atoms with E-state index in [1.165, 1.54) is 22.3 Å². The van der Waals surface area contributed by atoms with Crippen molar-refractivity contribution in [2.24, 2.45) is 22.7 Å². The zero-order valence-corrected chi connectivity index (χ0v) is 19.6. The monoisotopic (exact) mass is 443 g/mol. The van der Waals surface area contributed by atoms with E-state index in [1.54, 1.807) is 6.92 Å². The van der Waals surface area contributed by atoms with E-state index in [0.717, 1.165) is 44.2 Å². The highest BCUT2D eigenvalue weighted by molar-refractivity contribution is 5.93. The smallest absolute Gasteiger partial charge is 0.156 e. The number of hydrogen-bond donors (Lipinski definition) is 2. The second kappa shape index (κ2) is 7.99. The number of carbonyl (C=O) groups is 2. The summed E-state index contributed by atoms with van der Waals surface area (Å²) in [4.78, 5) is 25.4. The number of hydrogen-bond acceptors (Lipinski definition) is 4. The average molecular weight is 444 g/mol. The lowest BCUT2D eigenvalue weighted by Gasteiger charge is -2.54. The average Bonchev–Trinajstić information content (AvgIpc) is 3.10. The van der Waals surface area contributed by atoms with Gasteiger partial charge in [0.05, 0.1) is 5.41 Å². The zero-order chi connectivity index (χ0) is 23.4. The van der Waals surface area contributed by atoms with Crippen LogP contribution in [0.1, 0.15) is 70.3 Å².